The molecule has 0 unspecified atom stereocenters. The van der Waals surface area contributed by atoms with Gasteiger partial charge in [0.1, 0.15) is 11.6 Å². The molecule has 162 valence electrons. The Bertz CT molecular complexity index is 1150. The van der Waals surface area contributed by atoms with Gasteiger partial charge in [-0.3, -0.25) is 4.79 Å². The third kappa shape index (κ3) is 5.10. The second-order valence-electron chi connectivity index (χ2n) is 7.71. The number of aromatic nitrogens is 1. The number of carbonyl (C=O) groups is 1. The first-order chi connectivity index (χ1) is 15.6. The van der Waals surface area contributed by atoms with E-state index in [1.807, 2.05) is 18.2 Å². The molecule has 1 aromatic heterocycles. The van der Waals surface area contributed by atoms with E-state index in [0.29, 0.717) is 53.8 Å². The van der Waals surface area contributed by atoms with Crippen molar-refractivity contribution in [3.63, 3.8) is 0 Å². The van der Waals surface area contributed by atoms with Gasteiger partial charge >= 0.3 is 0 Å². The summed E-state index contributed by atoms with van der Waals surface area (Å²) in [6.45, 7) is 2.01. The van der Waals surface area contributed by atoms with Gasteiger partial charge in [-0.25, -0.2) is 9.37 Å². The topological polar surface area (TPSA) is 89.8 Å². The summed E-state index contributed by atoms with van der Waals surface area (Å²) < 4.78 is 13.5. The van der Waals surface area contributed by atoms with Gasteiger partial charge in [-0.15, -0.1) is 0 Å². The van der Waals surface area contributed by atoms with E-state index in [1.54, 1.807) is 30.3 Å². The Balaban J connectivity index is 1.56. The summed E-state index contributed by atoms with van der Waals surface area (Å²) in [5, 5.41) is 18.9. The van der Waals surface area contributed by atoms with Crippen LogP contribution in [0.1, 0.15) is 27.9 Å². The average molecular weight is 429 g/mol. The maximum atomic E-state index is 13.5. The third-order valence-electron chi connectivity index (χ3n) is 5.49. The Kier molecular flexibility index (Phi) is 6.73. The first kappa shape index (κ1) is 21.5. The van der Waals surface area contributed by atoms with Crippen LogP contribution >= 0.6 is 0 Å². The lowest BCUT2D eigenvalue weighted by Gasteiger charge is -2.27. The summed E-state index contributed by atoms with van der Waals surface area (Å²) in [6.07, 6.45) is 1.62. The first-order valence-electron chi connectivity index (χ1n) is 10.6. The van der Waals surface area contributed by atoms with Crippen molar-refractivity contribution in [3.05, 3.63) is 83.2 Å². The largest absolute Gasteiger partial charge is 0.369 e. The van der Waals surface area contributed by atoms with Gasteiger partial charge in [-0.05, 0) is 55.3 Å². The fourth-order valence-electron chi connectivity index (χ4n) is 3.58. The molecule has 0 bridgehead atoms. The van der Waals surface area contributed by atoms with E-state index in [9.17, 15) is 14.4 Å². The highest BCUT2D eigenvalue weighted by molar-refractivity contribution is 5.99. The zero-order valence-electron chi connectivity index (χ0n) is 17.6. The highest BCUT2D eigenvalue weighted by atomic mass is 19.1. The zero-order valence-corrected chi connectivity index (χ0v) is 17.6. The van der Waals surface area contributed by atoms with Gasteiger partial charge in [0.25, 0.3) is 5.91 Å². The molecule has 7 heteroatoms. The van der Waals surface area contributed by atoms with Crippen molar-refractivity contribution in [3.8, 4) is 17.3 Å². The molecule has 1 atom stereocenters. The second kappa shape index (κ2) is 10.0. The Hall–Kier alpha value is -3.76. The summed E-state index contributed by atoms with van der Waals surface area (Å²) in [4.78, 5) is 17.5. The molecule has 1 amide bonds. The maximum Gasteiger partial charge on any atom is 0.255 e. The molecule has 0 aliphatic carbocycles. The highest BCUT2D eigenvalue weighted by Gasteiger charge is 2.20. The lowest BCUT2D eigenvalue weighted by Crippen LogP contribution is -2.50. The Morgan fingerprint density at radius 2 is 2.03 bits per heavy atom. The van der Waals surface area contributed by atoms with E-state index >= 15 is 0 Å². The van der Waals surface area contributed by atoms with Gasteiger partial charge in [0.2, 0.25) is 0 Å². The molecule has 2 aromatic carbocycles. The van der Waals surface area contributed by atoms with E-state index in [2.05, 4.69) is 27.0 Å². The predicted octanol–water partition coefficient (Wildman–Crippen LogP) is 3.51. The molecule has 32 heavy (non-hydrogen) atoms. The van der Waals surface area contributed by atoms with Gasteiger partial charge in [-0.1, -0.05) is 30.3 Å². The molecule has 1 fully saturated rings. The van der Waals surface area contributed by atoms with Crippen molar-refractivity contribution in [1.82, 2.24) is 15.6 Å². The van der Waals surface area contributed by atoms with Crippen LogP contribution in [0, 0.1) is 17.1 Å². The number of nitrogens with one attached hydrogen (secondary N) is 3. The van der Waals surface area contributed by atoms with Gasteiger partial charge in [-0.2, -0.15) is 5.26 Å². The Labute approximate surface area is 186 Å². The summed E-state index contributed by atoms with van der Waals surface area (Å²) in [7, 11) is 0. The van der Waals surface area contributed by atoms with Crippen LogP contribution in [0.4, 0.5) is 10.2 Å². The molecule has 2 heterocycles. The smallest absolute Gasteiger partial charge is 0.255 e. The quantitative estimate of drug-likeness (QED) is 0.510. The molecule has 3 aromatic rings. The number of anilines is 1. The summed E-state index contributed by atoms with van der Waals surface area (Å²) in [6, 6.07) is 19.6. The number of hydrogen-bond donors (Lipinski definition) is 3. The SMILES string of the molecule is N#Cc1ccccc1-c1ccc(C(=O)NC[C@H]2CCN2)c(NCCc2cccc(F)c2)n1. The van der Waals surface area contributed by atoms with Gasteiger partial charge in [0.15, 0.2) is 0 Å². The number of benzene rings is 2. The van der Waals surface area contributed by atoms with Crippen LogP contribution < -0.4 is 16.0 Å². The van der Waals surface area contributed by atoms with Crippen molar-refractivity contribution >= 4 is 11.7 Å². The Morgan fingerprint density at radius 3 is 2.78 bits per heavy atom. The van der Waals surface area contributed by atoms with Crippen LogP contribution in [0.3, 0.4) is 0 Å². The van der Waals surface area contributed by atoms with Crippen LogP contribution in [-0.2, 0) is 6.42 Å². The van der Waals surface area contributed by atoms with Crippen LogP contribution in [-0.4, -0.2) is 36.6 Å². The fraction of sp³-hybridized carbons (Fsp3) is 0.240. The molecular weight excluding hydrogens is 405 g/mol. The van der Waals surface area contributed by atoms with Crippen molar-refractivity contribution in [2.24, 2.45) is 0 Å². The molecule has 6 nitrogen and oxygen atoms in total. The predicted molar refractivity (Wildman–Crippen MR) is 122 cm³/mol. The van der Waals surface area contributed by atoms with Crippen LogP contribution in [0.2, 0.25) is 0 Å². The lowest BCUT2D eigenvalue weighted by atomic mass is 10.0. The van der Waals surface area contributed by atoms with E-state index in [4.69, 9.17) is 0 Å². The molecule has 1 saturated heterocycles. The monoisotopic (exact) mass is 429 g/mol. The van der Waals surface area contributed by atoms with Crippen molar-refractivity contribution in [2.75, 3.05) is 25.0 Å². The van der Waals surface area contributed by atoms with E-state index in [0.717, 1.165) is 18.5 Å². The minimum Gasteiger partial charge on any atom is -0.369 e. The molecule has 4 rings (SSSR count). The van der Waals surface area contributed by atoms with E-state index in [1.165, 1.54) is 12.1 Å². The second-order valence-corrected chi connectivity index (χ2v) is 7.71. The number of carbonyl (C=O) groups excluding carboxylic acids is 1. The number of pyridine rings is 1. The van der Waals surface area contributed by atoms with Crippen molar-refractivity contribution in [1.29, 1.82) is 5.26 Å². The van der Waals surface area contributed by atoms with Crippen LogP contribution in [0.25, 0.3) is 11.3 Å². The van der Waals surface area contributed by atoms with Crippen LogP contribution in [0.15, 0.2) is 60.7 Å². The maximum absolute atomic E-state index is 13.5. The Morgan fingerprint density at radius 1 is 1.19 bits per heavy atom. The third-order valence-corrected chi connectivity index (χ3v) is 5.49. The fourth-order valence-corrected chi connectivity index (χ4v) is 3.58. The highest BCUT2D eigenvalue weighted by Crippen LogP contribution is 2.25. The van der Waals surface area contributed by atoms with Gasteiger partial charge < -0.3 is 16.0 Å². The number of halogens is 1. The first-order valence-corrected chi connectivity index (χ1v) is 10.6. The van der Waals surface area contributed by atoms with E-state index < -0.39 is 0 Å². The summed E-state index contributed by atoms with van der Waals surface area (Å²) in [5.74, 6) is -0.0503. The molecule has 1 aliphatic rings. The molecule has 0 spiro atoms. The standard InChI is InChI=1S/C25H24FN5O/c26-19-6-3-4-17(14-19)10-12-29-24-22(25(32)30-16-20-11-13-28-20)8-9-23(31-24)21-7-2-1-5-18(21)15-27/h1-9,14,20,28H,10-13,16H2,(H,29,31)(H,30,32)/t20-/m1/s1. The number of nitrogens with zero attached hydrogens (tertiary/aromatic N) is 2. The van der Waals surface area contributed by atoms with Gasteiger partial charge in [0.05, 0.1) is 22.9 Å². The van der Waals surface area contributed by atoms with Crippen LogP contribution in [0.5, 0.6) is 0 Å². The van der Waals surface area contributed by atoms with Crippen molar-refractivity contribution < 1.29 is 9.18 Å². The van der Waals surface area contributed by atoms with E-state index in [-0.39, 0.29) is 11.7 Å². The number of rotatable bonds is 8. The minimum absolute atomic E-state index is 0.209. The minimum atomic E-state index is -0.277. The number of amides is 1. The van der Waals surface area contributed by atoms with Gasteiger partial charge in [0, 0.05) is 24.7 Å². The normalized spacial score (nSPS) is 14.8. The molecule has 0 radical (unpaired) electrons. The average Bonchev–Trinajstić information content (AvgIpc) is 2.78. The lowest BCUT2D eigenvalue weighted by molar-refractivity contribution is 0.0945. The molecule has 3 N–H and O–H groups in total. The number of nitriles is 1. The zero-order chi connectivity index (χ0) is 22.3. The summed E-state index contributed by atoms with van der Waals surface area (Å²) in [5.41, 5.74) is 3.10. The molecule has 1 aliphatic heterocycles. The number of hydrogen-bond acceptors (Lipinski definition) is 5. The molecule has 0 saturated carbocycles. The summed E-state index contributed by atoms with van der Waals surface area (Å²) >= 11 is 0. The molecular formula is C25H24FN5O. The van der Waals surface area contributed by atoms with Crippen molar-refractivity contribution in [2.45, 2.75) is 18.9 Å².